The van der Waals surface area contributed by atoms with Crippen molar-refractivity contribution in [1.29, 1.82) is 0 Å². The highest BCUT2D eigenvalue weighted by molar-refractivity contribution is 4.55. The van der Waals surface area contributed by atoms with Crippen LogP contribution < -0.4 is 11.1 Å². The van der Waals surface area contributed by atoms with Crippen LogP contribution >= 0.6 is 0 Å². The molecule has 3 N–H and O–H groups in total. The van der Waals surface area contributed by atoms with Crippen molar-refractivity contribution in [2.45, 2.75) is 12.8 Å². The van der Waals surface area contributed by atoms with Crippen LogP contribution in [0, 0.1) is 0 Å². The van der Waals surface area contributed by atoms with Gasteiger partial charge in [0.05, 0.1) is 0 Å². The molecule has 0 aliphatic heterocycles. The molecule has 44 valence electrons. The Labute approximate surface area is 43.8 Å². The van der Waals surface area contributed by atoms with E-state index in [2.05, 4.69) is 5.32 Å². The maximum atomic E-state index is 5.38. The Morgan fingerprint density at radius 1 is 1.71 bits per heavy atom. The Kier molecular flexibility index (Phi) is 2.22. The number of rotatable bonds is 2. The van der Waals surface area contributed by atoms with Gasteiger partial charge in [0.15, 0.2) is 5.85 Å². The molecule has 0 amide bonds. The molecule has 7 heavy (non-hydrogen) atoms. The van der Waals surface area contributed by atoms with Crippen LogP contribution in [0.1, 0.15) is 6.92 Å². The van der Waals surface area contributed by atoms with Crippen molar-refractivity contribution in [2.75, 3.05) is 14.2 Å². The standard InChI is InChI=1S/C4H12N2O/c1-4(5,6-2)7-3/h6H,5H2,1-3H3. The molecule has 3 nitrogen and oxygen atoms in total. The molecule has 0 aromatic carbocycles. The number of ether oxygens (including phenoxy) is 1. The van der Waals surface area contributed by atoms with E-state index in [0.717, 1.165) is 0 Å². The lowest BCUT2D eigenvalue weighted by atomic mass is 10.5. The van der Waals surface area contributed by atoms with Gasteiger partial charge in [-0.15, -0.1) is 0 Å². The zero-order chi connectivity index (χ0) is 5.91. The second kappa shape index (κ2) is 2.26. The molecule has 1 atom stereocenters. The van der Waals surface area contributed by atoms with Crippen molar-refractivity contribution in [3.05, 3.63) is 0 Å². The van der Waals surface area contributed by atoms with E-state index < -0.39 is 5.85 Å². The van der Waals surface area contributed by atoms with Gasteiger partial charge in [0, 0.05) is 7.11 Å². The maximum absolute atomic E-state index is 5.38. The first-order chi connectivity index (χ1) is 3.12. The molecule has 0 radical (unpaired) electrons. The topological polar surface area (TPSA) is 47.3 Å². The van der Waals surface area contributed by atoms with Gasteiger partial charge in [0.25, 0.3) is 0 Å². The first kappa shape index (κ1) is 6.88. The van der Waals surface area contributed by atoms with Gasteiger partial charge in [0.2, 0.25) is 0 Å². The van der Waals surface area contributed by atoms with E-state index in [4.69, 9.17) is 10.5 Å². The predicted molar refractivity (Wildman–Crippen MR) is 28.7 cm³/mol. The predicted octanol–water partition coefficient (Wildman–Crippen LogP) is -0.515. The minimum Gasteiger partial charge on any atom is -0.351 e. The van der Waals surface area contributed by atoms with Crippen molar-refractivity contribution in [3.8, 4) is 0 Å². The fourth-order valence-corrected chi connectivity index (χ4v) is 0.102. The van der Waals surface area contributed by atoms with Crippen LogP contribution in [0.5, 0.6) is 0 Å². The van der Waals surface area contributed by atoms with Gasteiger partial charge in [-0.05, 0) is 14.0 Å². The van der Waals surface area contributed by atoms with Crippen LogP contribution in [0.15, 0.2) is 0 Å². The number of hydrogen-bond acceptors (Lipinski definition) is 3. The van der Waals surface area contributed by atoms with Crippen LogP contribution in [-0.4, -0.2) is 20.0 Å². The normalized spacial score (nSPS) is 18.9. The molecule has 0 saturated carbocycles. The molecule has 0 spiro atoms. The SMILES string of the molecule is CNC(C)(N)OC. The maximum Gasteiger partial charge on any atom is 0.168 e. The first-order valence-corrected chi connectivity index (χ1v) is 2.15. The van der Waals surface area contributed by atoms with E-state index in [-0.39, 0.29) is 0 Å². The molecule has 0 aliphatic rings. The minimum absolute atomic E-state index is 0.667. The highest BCUT2D eigenvalue weighted by Gasteiger charge is 2.10. The average Bonchev–Trinajstić information content (AvgIpc) is 1.68. The molecule has 0 bridgehead atoms. The van der Waals surface area contributed by atoms with Crippen LogP contribution in [0.3, 0.4) is 0 Å². The average molecular weight is 104 g/mol. The van der Waals surface area contributed by atoms with Gasteiger partial charge in [-0.3, -0.25) is 11.1 Å². The highest BCUT2D eigenvalue weighted by Crippen LogP contribution is 1.88. The van der Waals surface area contributed by atoms with Crippen molar-refractivity contribution < 1.29 is 4.74 Å². The van der Waals surface area contributed by atoms with Gasteiger partial charge in [-0.2, -0.15) is 0 Å². The lowest BCUT2D eigenvalue weighted by molar-refractivity contribution is -0.0116. The Bertz CT molecular complexity index is 47.7. The summed E-state index contributed by atoms with van der Waals surface area (Å²) in [6.07, 6.45) is 0. The van der Waals surface area contributed by atoms with Crippen molar-refractivity contribution in [3.63, 3.8) is 0 Å². The summed E-state index contributed by atoms with van der Waals surface area (Å²) < 4.78 is 4.75. The summed E-state index contributed by atoms with van der Waals surface area (Å²) in [4.78, 5) is 0. The second-order valence-corrected chi connectivity index (χ2v) is 1.56. The summed E-state index contributed by atoms with van der Waals surface area (Å²) in [7, 11) is 3.29. The summed E-state index contributed by atoms with van der Waals surface area (Å²) in [6, 6.07) is 0. The number of hydrogen-bond donors (Lipinski definition) is 2. The first-order valence-electron chi connectivity index (χ1n) is 2.15. The molecule has 0 aromatic rings. The fraction of sp³-hybridized carbons (Fsp3) is 1.00. The summed E-state index contributed by atoms with van der Waals surface area (Å²) >= 11 is 0. The summed E-state index contributed by atoms with van der Waals surface area (Å²) in [5.74, 6) is -0.667. The Balaban J connectivity index is 3.36. The summed E-state index contributed by atoms with van der Waals surface area (Å²) in [5, 5.41) is 2.75. The molecule has 0 aliphatic carbocycles. The highest BCUT2D eigenvalue weighted by atomic mass is 16.5. The van der Waals surface area contributed by atoms with E-state index in [0.29, 0.717) is 0 Å². The second-order valence-electron chi connectivity index (χ2n) is 1.56. The lowest BCUT2D eigenvalue weighted by Crippen LogP contribution is -2.50. The molecule has 0 saturated heterocycles. The monoisotopic (exact) mass is 104 g/mol. The third kappa shape index (κ3) is 2.56. The Morgan fingerprint density at radius 3 is 2.14 bits per heavy atom. The largest absolute Gasteiger partial charge is 0.351 e. The van der Waals surface area contributed by atoms with Crippen LogP contribution in [0.25, 0.3) is 0 Å². The van der Waals surface area contributed by atoms with E-state index >= 15 is 0 Å². The summed E-state index contributed by atoms with van der Waals surface area (Å²) in [5.41, 5.74) is 5.38. The third-order valence-electron chi connectivity index (χ3n) is 0.920. The molecule has 3 heteroatoms. The van der Waals surface area contributed by atoms with Crippen LogP contribution in [0.2, 0.25) is 0 Å². The molecule has 0 fully saturated rings. The quantitative estimate of drug-likeness (QED) is 0.464. The van der Waals surface area contributed by atoms with E-state index in [9.17, 15) is 0 Å². The smallest absolute Gasteiger partial charge is 0.168 e. The molecule has 0 aromatic heterocycles. The van der Waals surface area contributed by atoms with Gasteiger partial charge in [0.1, 0.15) is 0 Å². The van der Waals surface area contributed by atoms with E-state index in [1.807, 2.05) is 0 Å². The van der Waals surface area contributed by atoms with Crippen molar-refractivity contribution >= 4 is 0 Å². The van der Waals surface area contributed by atoms with Gasteiger partial charge < -0.3 is 4.74 Å². The molecule has 1 unspecified atom stereocenters. The van der Waals surface area contributed by atoms with Gasteiger partial charge in [-0.1, -0.05) is 0 Å². The van der Waals surface area contributed by atoms with Crippen LogP contribution in [0.4, 0.5) is 0 Å². The molecular weight excluding hydrogens is 92.1 g/mol. The molecule has 0 heterocycles. The Morgan fingerprint density at radius 2 is 2.14 bits per heavy atom. The number of nitrogens with two attached hydrogens (primary N) is 1. The van der Waals surface area contributed by atoms with Crippen molar-refractivity contribution in [2.24, 2.45) is 5.73 Å². The zero-order valence-electron chi connectivity index (χ0n) is 4.99. The van der Waals surface area contributed by atoms with Gasteiger partial charge in [-0.25, -0.2) is 0 Å². The third-order valence-corrected chi connectivity index (χ3v) is 0.920. The zero-order valence-corrected chi connectivity index (χ0v) is 4.99. The summed E-state index contributed by atoms with van der Waals surface area (Å²) in [6.45, 7) is 1.74. The minimum atomic E-state index is -0.667. The van der Waals surface area contributed by atoms with Crippen LogP contribution in [-0.2, 0) is 4.74 Å². The van der Waals surface area contributed by atoms with E-state index in [1.54, 1.807) is 21.1 Å². The molecule has 0 rings (SSSR count). The number of methoxy groups -OCH3 is 1. The van der Waals surface area contributed by atoms with Crippen molar-refractivity contribution in [1.82, 2.24) is 5.32 Å². The Hall–Kier alpha value is -0.120. The fourth-order valence-electron chi connectivity index (χ4n) is 0.102. The number of nitrogens with one attached hydrogen (secondary N) is 1. The van der Waals surface area contributed by atoms with E-state index in [1.165, 1.54) is 0 Å². The lowest BCUT2D eigenvalue weighted by Gasteiger charge is -2.20. The molecular formula is C4H12N2O. The van der Waals surface area contributed by atoms with Gasteiger partial charge >= 0.3 is 0 Å².